The van der Waals surface area contributed by atoms with Gasteiger partial charge in [-0.2, -0.15) is 5.10 Å². The fourth-order valence-corrected chi connectivity index (χ4v) is 3.87. The van der Waals surface area contributed by atoms with E-state index in [-0.39, 0.29) is 5.91 Å². The number of rotatable bonds is 6. The SMILES string of the molecule is CCNc1ncc(C(=O)N2CCC(c3[nH]ncc3Cc3ccccc3)CC2)cn1. The van der Waals surface area contributed by atoms with E-state index < -0.39 is 0 Å². The molecule has 1 saturated heterocycles. The Bertz CT molecular complexity index is 929. The molecule has 0 unspecified atom stereocenters. The van der Waals surface area contributed by atoms with Gasteiger partial charge in [-0.15, -0.1) is 0 Å². The van der Waals surface area contributed by atoms with Crippen molar-refractivity contribution in [2.75, 3.05) is 25.0 Å². The highest BCUT2D eigenvalue weighted by atomic mass is 16.2. The Morgan fingerprint density at radius 2 is 1.86 bits per heavy atom. The zero-order valence-electron chi connectivity index (χ0n) is 16.6. The van der Waals surface area contributed by atoms with Crippen molar-refractivity contribution in [2.45, 2.75) is 32.1 Å². The molecule has 2 N–H and O–H groups in total. The van der Waals surface area contributed by atoms with E-state index in [4.69, 9.17) is 0 Å². The van der Waals surface area contributed by atoms with E-state index in [0.29, 0.717) is 17.4 Å². The van der Waals surface area contributed by atoms with Crippen LogP contribution in [0, 0.1) is 0 Å². The number of nitrogens with zero attached hydrogens (tertiary/aromatic N) is 4. The minimum absolute atomic E-state index is 0.000572. The minimum atomic E-state index is 0.000572. The van der Waals surface area contributed by atoms with E-state index in [2.05, 4.69) is 49.7 Å². The Balaban J connectivity index is 1.37. The number of aromatic amines is 1. The van der Waals surface area contributed by atoms with E-state index in [1.165, 1.54) is 16.8 Å². The van der Waals surface area contributed by atoms with Crippen LogP contribution in [0.2, 0.25) is 0 Å². The second-order valence-electron chi connectivity index (χ2n) is 7.36. The highest BCUT2D eigenvalue weighted by Gasteiger charge is 2.27. The number of anilines is 1. The maximum absolute atomic E-state index is 12.8. The highest BCUT2D eigenvalue weighted by molar-refractivity contribution is 5.93. The number of likely N-dealkylation sites (tertiary alicyclic amines) is 1. The van der Waals surface area contributed by atoms with Gasteiger partial charge in [0, 0.05) is 50.1 Å². The fourth-order valence-electron chi connectivity index (χ4n) is 3.87. The molecule has 7 nitrogen and oxygen atoms in total. The zero-order valence-corrected chi connectivity index (χ0v) is 16.6. The lowest BCUT2D eigenvalue weighted by molar-refractivity contribution is 0.0711. The maximum Gasteiger partial charge on any atom is 0.256 e. The van der Waals surface area contributed by atoms with Crippen LogP contribution in [0.1, 0.15) is 52.9 Å². The third-order valence-corrected chi connectivity index (χ3v) is 5.41. The van der Waals surface area contributed by atoms with Crippen LogP contribution in [-0.4, -0.2) is 50.6 Å². The van der Waals surface area contributed by atoms with Crippen molar-refractivity contribution in [3.8, 4) is 0 Å². The number of hydrogen-bond acceptors (Lipinski definition) is 5. The third kappa shape index (κ3) is 4.45. The number of aromatic nitrogens is 4. The Morgan fingerprint density at radius 3 is 2.55 bits per heavy atom. The van der Waals surface area contributed by atoms with Crippen LogP contribution in [-0.2, 0) is 6.42 Å². The molecule has 7 heteroatoms. The molecule has 3 aromatic rings. The molecule has 29 heavy (non-hydrogen) atoms. The van der Waals surface area contributed by atoms with E-state index >= 15 is 0 Å². The molecule has 0 aliphatic carbocycles. The van der Waals surface area contributed by atoms with Crippen LogP contribution in [0.5, 0.6) is 0 Å². The molecule has 0 atom stereocenters. The standard InChI is InChI=1S/C22H26N6O/c1-2-23-22-24-13-19(14-25-22)21(29)28-10-8-17(9-11-28)20-18(15-26-27-20)12-16-6-4-3-5-7-16/h3-7,13-15,17H,2,8-12H2,1H3,(H,26,27)(H,23,24,25). The number of benzene rings is 1. The number of piperidine rings is 1. The molecule has 0 radical (unpaired) electrons. The molecule has 3 heterocycles. The van der Waals surface area contributed by atoms with Gasteiger partial charge in [-0.1, -0.05) is 30.3 Å². The van der Waals surface area contributed by atoms with Gasteiger partial charge in [0.1, 0.15) is 0 Å². The number of carbonyl (C=O) groups excluding carboxylic acids is 1. The first kappa shape index (κ1) is 19.1. The Morgan fingerprint density at radius 1 is 1.14 bits per heavy atom. The summed E-state index contributed by atoms with van der Waals surface area (Å²) in [6.45, 7) is 4.18. The van der Waals surface area contributed by atoms with Gasteiger partial charge < -0.3 is 10.2 Å². The summed E-state index contributed by atoms with van der Waals surface area (Å²) in [5.74, 6) is 0.946. The van der Waals surface area contributed by atoms with Crippen molar-refractivity contribution in [3.05, 3.63) is 71.3 Å². The third-order valence-electron chi connectivity index (χ3n) is 5.41. The van der Waals surface area contributed by atoms with Gasteiger partial charge >= 0.3 is 0 Å². The monoisotopic (exact) mass is 390 g/mol. The zero-order chi connectivity index (χ0) is 20.1. The van der Waals surface area contributed by atoms with Gasteiger partial charge in [-0.3, -0.25) is 9.89 Å². The number of H-pyrrole nitrogens is 1. The summed E-state index contributed by atoms with van der Waals surface area (Å²) in [5.41, 5.74) is 4.27. The number of hydrogen-bond donors (Lipinski definition) is 2. The summed E-state index contributed by atoms with van der Waals surface area (Å²) in [6.07, 6.45) is 7.86. The van der Waals surface area contributed by atoms with E-state index in [9.17, 15) is 4.79 Å². The van der Waals surface area contributed by atoms with E-state index in [1.807, 2.05) is 24.1 Å². The van der Waals surface area contributed by atoms with Crippen LogP contribution in [0.4, 0.5) is 5.95 Å². The minimum Gasteiger partial charge on any atom is -0.355 e. The average Bonchev–Trinajstić information content (AvgIpc) is 3.23. The molecule has 150 valence electrons. The Hall–Kier alpha value is -3.22. The smallest absolute Gasteiger partial charge is 0.256 e. The summed E-state index contributed by atoms with van der Waals surface area (Å²) >= 11 is 0. The van der Waals surface area contributed by atoms with Gasteiger partial charge in [0.05, 0.1) is 11.8 Å². The van der Waals surface area contributed by atoms with Crippen LogP contribution < -0.4 is 5.32 Å². The Labute approximate surface area is 170 Å². The summed E-state index contributed by atoms with van der Waals surface area (Å²) in [7, 11) is 0. The molecule has 4 rings (SSSR count). The first-order valence-electron chi connectivity index (χ1n) is 10.2. The van der Waals surface area contributed by atoms with Crippen LogP contribution in [0.3, 0.4) is 0 Å². The Kier molecular flexibility index (Phi) is 5.84. The summed E-state index contributed by atoms with van der Waals surface area (Å²) in [6, 6.07) is 10.4. The fraction of sp³-hybridized carbons (Fsp3) is 0.364. The molecule has 1 fully saturated rings. The number of nitrogens with one attached hydrogen (secondary N) is 2. The quantitative estimate of drug-likeness (QED) is 0.675. The van der Waals surface area contributed by atoms with Crippen molar-refractivity contribution in [2.24, 2.45) is 0 Å². The lowest BCUT2D eigenvalue weighted by atomic mass is 9.89. The van der Waals surface area contributed by atoms with Crippen molar-refractivity contribution in [1.29, 1.82) is 0 Å². The van der Waals surface area contributed by atoms with Gasteiger partial charge in [0.15, 0.2) is 0 Å². The number of amides is 1. The van der Waals surface area contributed by atoms with Crippen LogP contribution in [0.15, 0.2) is 48.9 Å². The molecule has 1 aromatic carbocycles. The second kappa shape index (κ2) is 8.86. The molecular formula is C22H26N6O. The maximum atomic E-state index is 12.8. The highest BCUT2D eigenvalue weighted by Crippen LogP contribution is 2.30. The van der Waals surface area contributed by atoms with Gasteiger partial charge in [0.25, 0.3) is 5.91 Å². The predicted octanol–water partition coefficient (Wildman–Crippen LogP) is 3.24. The molecule has 0 bridgehead atoms. The second-order valence-corrected chi connectivity index (χ2v) is 7.36. The molecule has 1 aliphatic rings. The molecular weight excluding hydrogens is 364 g/mol. The van der Waals surface area contributed by atoms with Crippen LogP contribution in [0.25, 0.3) is 0 Å². The van der Waals surface area contributed by atoms with Crippen molar-refractivity contribution >= 4 is 11.9 Å². The van der Waals surface area contributed by atoms with Crippen molar-refractivity contribution in [3.63, 3.8) is 0 Å². The first-order chi connectivity index (χ1) is 14.2. The van der Waals surface area contributed by atoms with Gasteiger partial charge in [-0.05, 0) is 30.9 Å². The van der Waals surface area contributed by atoms with E-state index in [0.717, 1.165) is 38.9 Å². The molecule has 1 amide bonds. The average molecular weight is 390 g/mol. The van der Waals surface area contributed by atoms with Crippen molar-refractivity contribution < 1.29 is 4.79 Å². The van der Waals surface area contributed by atoms with Gasteiger partial charge in [0.2, 0.25) is 5.95 Å². The van der Waals surface area contributed by atoms with E-state index in [1.54, 1.807) is 12.4 Å². The largest absolute Gasteiger partial charge is 0.355 e. The molecule has 0 spiro atoms. The lowest BCUT2D eigenvalue weighted by Crippen LogP contribution is -2.38. The number of carbonyl (C=O) groups is 1. The predicted molar refractivity (Wildman–Crippen MR) is 112 cm³/mol. The molecule has 0 saturated carbocycles. The first-order valence-corrected chi connectivity index (χ1v) is 10.2. The molecule has 2 aromatic heterocycles. The normalized spacial score (nSPS) is 14.7. The summed E-state index contributed by atoms with van der Waals surface area (Å²) < 4.78 is 0. The van der Waals surface area contributed by atoms with Crippen molar-refractivity contribution in [1.82, 2.24) is 25.1 Å². The van der Waals surface area contributed by atoms with Crippen LogP contribution >= 0.6 is 0 Å². The summed E-state index contributed by atoms with van der Waals surface area (Å²) in [5, 5.41) is 10.5. The topological polar surface area (TPSA) is 86.8 Å². The molecule has 1 aliphatic heterocycles. The lowest BCUT2D eigenvalue weighted by Gasteiger charge is -2.32. The van der Waals surface area contributed by atoms with Gasteiger partial charge in [-0.25, -0.2) is 9.97 Å². The summed E-state index contributed by atoms with van der Waals surface area (Å²) in [4.78, 5) is 23.1.